The molecule has 19 heavy (non-hydrogen) atoms. The van der Waals surface area contributed by atoms with Gasteiger partial charge in [0.05, 0.1) is 5.56 Å². The van der Waals surface area contributed by atoms with Crippen LogP contribution >= 0.6 is 0 Å². The fourth-order valence-corrected chi connectivity index (χ4v) is 2.75. The van der Waals surface area contributed by atoms with Crippen molar-refractivity contribution in [2.75, 3.05) is 0 Å². The lowest BCUT2D eigenvalue weighted by Gasteiger charge is -2.26. The van der Waals surface area contributed by atoms with Crippen LogP contribution in [-0.4, -0.2) is 5.78 Å². The SMILES string of the molecule is CC(c1ccc(C(F)(F)F)cc1)[C@H]1CCCCC1=O. The molecule has 0 spiro atoms. The maximum Gasteiger partial charge on any atom is 0.416 e. The van der Waals surface area contributed by atoms with Gasteiger partial charge in [-0.3, -0.25) is 4.79 Å². The summed E-state index contributed by atoms with van der Waals surface area (Å²) in [6.07, 6.45) is -0.879. The second-order valence-electron chi connectivity index (χ2n) is 5.23. The van der Waals surface area contributed by atoms with Gasteiger partial charge in [0.1, 0.15) is 5.78 Å². The summed E-state index contributed by atoms with van der Waals surface area (Å²) in [4.78, 5) is 11.9. The molecule has 0 radical (unpaired) electrons. The van der Waals surface area contributed by atoms with Crippen LogP contribution in [0.5, 0.6) is 0 Å². The normalized spacial score (nSPS) is 22.3. The fraction of sp³-hybridized carbons (Fsp3) is 0.533. The van der Waals surface area contributed by atoms with Crippen molar-refractivity contribution in [2.45, 2.75) is 44.7 Å². The maximum atomic E-state index is 12.5. The zero-order valence-corrected chi connectivity index (χ0v) is 10.8. The summed E-state index contributed by atoms with van der Waals surface area (Å²) in [5, 5.41) is 0. The molecule has 104 valence electrons. The number of halogens is 3. The van der Waals surface area contributed by atoms with Gasteiger partial charge in [0.2, 0.25) is 0 Å². The molecule has 1 aliphatic rings. The average molecular weight is 270 g/mol. The predicted molar refractivity (Wildman–Crippen MR) is 66.8 cm³/mol. The highest BCUT2D eigenvalue weighted by Crippen LogP contribution is 2.35. The Labute approximate surface area is 110 Å². The number of alkyl halides is 3. The van der Waals surface area contributed by atoms with E-state index in [-0.39, 0.29) is 17.6 Å². The number of Topliss-reactive ketones (excluding diaryl/α,β-unsaturated/α-hetero) is 1. The predicted octanol–water partition coefficient (Wildman–Crippen LogP) is 4.57. The standard InChI is InChI=1S/C15H17F3O/c1-10(13-4-2-3-5-14(13)19)11-6-8-12(9-7-11)15(16,17)18/h6-10,13H,2-5H2,1H3/t10?,13-/m1/s1. The molecule has 2 rings (SSSR count). The van der Waals surface area contributed by atoms with Crippen LogP contribution in [0.3, 0.4) is 0 Å². The quantitative estimate of drug-likeness (QED) is 0.769. The lowest BCUT2D eigenvalue weighted by atomic mass is 9.77. The van der Waals surface area contributed by atoms with Crippen molar-refractivity contribution in [3.8, 4) is 0 Å². The van der Waals surface area contributed by atoms with Gasteiger partial charge in [0.25, 0.3) is 0 Å². The van der Waals surface area contributed by atoms with Crippen molar-refractivity contribution in [1.82, 2.24) is 0 Å². The van der Waals surface area contributed by atoms with E-state index in [1.54, 1.807) is 0 Å². The summed E-state index contributed by atoms with van der Waals surface area (Å²) in [5.74, 6) is 0.208. The van der Waals surface area contributed by atoms with Gasteiger partial charge in [-0.15, -0.1) is 0 Å². The highest BCUT2D eigenvalue weighted by atomic mass is 19.4. The molecule has 0 N–H and O–H groups in total. The van der Waals surface area contributed by atoms with Gasteiger partial charge in [-0.25, -0.2) is 0 Å². The second kappa shape index (κ2) is 5.35. The number of hydrogen-bond acceptors (Lipinski definition) is 1. The Morgan fingerprint density at radius 2 is 1.79 bits per heavy atom. The number of carbonyl (C=O) groups excluding carboxylic acids is 1. The number of hydrogen-bond donors (Lipinski definition) is 0. The van der Waals surface area contributed by atoms with E-state index in [0.717, 1.165) is 37.0 Å². The van der Waals surface area contributed by atoms with Crippen LogP contribution in [0.4, 0.5) is 13.2 Å². The van der Waals surface area contributed by atoms with Gasteiger partial charge < -0.3 is 0 Å². The second-order valence-corrected chi connectivity index (χ2v) is 5.23. The maximum absolute atomic E-state index is 12.5. The highest BCUT2D eigenvalue weighted by molar-refractivity contribution is 5.82. The molecule has 0 aromatic heterocycles. The molecule has 1 aromatic rings. The number of carbonyl (C=O) groups is 1. The van der Waals surface area contributed by atoms with E-state index < -0.39 is 11.7 Å². The van der Waals surface area contributed by atoms with Crippen molar-refractivity contribution in [1.29, 1.82) is 0 Å². The highest BCUT2D eigenvalue weighted by Gasteiger charge is 2.31. The van der Waals surface area contributed by atoms with Crippen LogP contribution in [0.15, 0.2) is 24.3 Å². The number of rotatable bonds is 2. The lowest BCUT2D eigenvalue weighted by molar-refractivity contribution is -0.137. The zero-order valence-electron chi connectivity index (χ0n) is 10.8. The van der Waals surface area contributed by atoms with Crippen molar-refractivity contribution in [3.05, 3.63) is 35.4 Å². The Kier molecular flexibility index (Phi) is 3.97. The van der Waals surface area contributed by atoms with Crippen molar-refractivity contribution < 1.29 is 18.0 Å². The van der Waals surface area contributed by atoms with Gasteiger partial charge in [0, 0.05) is 12.3 Å². The molecule has 4 heteroatoms. The van der Waals surface area contributed by atoms with Gasteiger partial charge in [-0.05, 0) is 36.5 Å². The summed E-state index contributed by atoms with van der Waals surface area (Å²) >= 11 is 0. The first-order valence-corrected chi connectivity index (χ1v) is 6.59. The van der Waals surface area contributed by atoms with Crippen molar-refractivity contribution in [2.24, 2.45) is 5.92 Å². The van der Waals surface area contributed by atoms with Crippen LogP contribution in [0, 0.1) is 5.92 Å². The third-order valence-electron chi connectivity index (χ3n) is 3.97. The molecular weight excluding hydrogens is 253 g/mol. The molecule has 1 nitrogen and oxygen atoms in total. The summed E-state index contributed by atoms with van der Waals surface area (Å²) in [6, 6.07) is 5.18. The van der Waals surface area contributed by atoms with E-state index in [9.17, 15) is 18.0 Å². The molecule has 0 aliphatic heterocycles. The lowest BCUT2D eigenvalue weighted by Crippen LogP contribution is -2.24. The van der Waals surface area contributed by atoms with Crippen LogP contribution in [0.2, 0.25) is 0 Å². The van der Waals surface area contributed by atoms with Crippen LogP contribution < -0.4 is 0 Å². The smallest absolute Gasteiger partial charge is 0.299 e. The van der Waals surface area contributed by atoms with Crippen molar-refractivity contribution >= 4 is 5.78 Å². The molecule has 0 amide bonds. The van der Waals surface area contributed by atoms with Crippen molar-refractivity contribution in [3.63, 3.8) is 0 Å². The Balaban J connectivity index is 2.15. The minimum atomic E-state index is -4.30. The Hall–Kier alpha value is -1.32. The largest absolute Gasteiger partial charge is 0.416 e. The molecule has 0 bridgehead atoms. The Bertz CT molecular complexity index is 447. The van der Waals surface area contributed by atoms with Gasteiger partial charge in [0.15, 0.2) is 0 Å². The summed E-state index contributed by atoms with van der Waals surface area (Å²) in [7, 11) is 0. The molecule has 0 saturated heterocycles. The third kappa shape index (κ3) is 3.17. The van der Waals surface area contributed by atoms with E-state index >= 15 is 0 Å². The van der Waals surface area contributed by atoms with Gasteiger partial charge in [-0.1, -0.05) is 25.5 Å². The Morgan fingerprint density at radius 1 is 1.16 bits per heavy atom. The van der Waals surface area contributed by atoms with E-state index in [1.165, 1.54) is 12.1 Å². The zero-order chi connectivity index (χ0) is 14.0. The molecular formula is C15H17F3O. The van der Waals surface area contributed by atoms with Crippen LogP contribution in [0.25, 0.3) is 0 Å². The average Bonchev–Trinajstić information content (AvgIpc) is 2.38. The van der Waals surface area contributed by atoms with E-state index in [0.29, 0.717) is 6.42 Å². The number of benzene rings is 1. The minimum Gasteiger partial charge on any atom is -0.299 e. The van der Waals surface area contributed by atoms with E-state index in [1.807, 2.05) is 6.92 Å². The molecule has 1 unspecified atom stereocenters. The monoisotopic (exact) mass is 270 g/mol. The van der Waals surface area contributed by atoms with E-state index in [4.69, 9.17) is 0 Å². The fourth-order valence-electron chi connectivity index (χ4n) is 2.75. The van der Waals surface area contributed by atoms with E-state index in [2.05, 4.69) is 0 Å². The van der Waals surface area contributed by atoms with Gasteiger partial charge >= 0.3 is 6.18 Å². The summed E-state index contributed by atoms with van der Waals surface area (Å²) in [5.41, 5.74) is 0.173. The topological polar surface area (TPSA) is 17.1 Å². The summed E-state index contributed by atoms with van der Waals surface area (Å²) < 4.78 is 37.4. The third-order valence-corrected chi connectivity index (χ3v) is 3.97. The molecule has 1 aliphatic carbocycles. The summed E-state index contributed by atoms with van der Waals surface area (Å²) in [6.45, 7) is 1.93. The first-order valence-electron chi connectivity index (χ1n) is 6.59. The molecule has 2 atom stereocenters. The van der Waals surface area contributed by atoms with Gasteiger partial charge in [-0.2, -0.15) is 13.2 Å². The molecule has 0 heterocycles. The number of ketones is 1. The molecule has 1 saturated carbocycles. The molecule has 1 fully saturated rings. The van der Waals surface area contributed by atoms with Crippen LogP contribution in [0.1, 0.15) is 49.7 Å². The van der Waals surface area contributed by atoms with Crippen LogP contribution in [-0.2, 0) is 11.0 Å². The first-order chi connectivity index (χ1) is 8.89. The first kappa shape index (κ1) is 14.1. The minimum absolute atomic E-state index is 0.00455. The molecule has 1 aromatic carbocycles. The Morgan fingerprint density at radius 3 is 2.32 bits per heavy atom.